The summed E-state index contributed by atoms with van der Waals surface area (Å²) < 4.78 is 12.6. The molecular weight excluding hydrogens is 432 g/mol. The van der Waals surface area contributed by atoms with E-state index in [1.54, 1.807) is 0 Å². The molecule has 0 fully saturated rings. The second-order valence-electron chi connectivity index (χ2n) is 7.96. The Bertz CT molecular complexity index is 1330. The number of hydrogen-bond donors (Lipinski definition) is 1. The van der Waals surface area contributed by atoms with Crippen molar-refractivity contribution in [3.8, 4) is 17.1 Å². The number of esters is 1. The van der Waals surface area contributed by atoms with Crippen LogP contribution in [0.4, 0.5) is 0 Å². The van der Waals surface area contributed by atoms with Gasteiger partial charge in [-0.2, -0.15) is 5.10 Å². The number of para-hydroxylation sites is 1. The van der Waals surface area contributed by atoms with Crippen LogP contribution >= 0.6 is 0 Å². The van der Waals surface area contributed by atoms with Crippen molar-refractivity contribution in [2.24, 2.45) is 0 Å². The van der Waals surface area contributed by atoms with Crippen molar-refractivity contribution >= 4 is 17.0 Å². The molecule has 0 amide bonds. The summed E-state index contributed by atoms with van der Waals surface area (Å²) in [5.74, 6) is 0.589. The largest absolute Gasteiger partial charge is 0.493 e. The van der Waals surface area contributed by atoms with Gasteiger partial charge in [0.15, 0.2) is 5.52 Å². The highest BCUT2D eigenvalue weighted by Gasteiger charge is 2.20. The fourth-order valence-corrected chi connectivity index (χ4v) is 3.70. The molecule has 34 heavy (non-hydrogen) atoms. The molecule has 0 saturated carbocycles. The molecule has 4 aromatic rings. The third-order valence-electron chi connectivity index (χ3n) is 5.28. The molecule has 0 radical (unpaired) electrons. The van der Waals surface area contributed by atoms with Crippen molar-refractivity contribution in [1.82, 2.24) is 19.7 Å². The number of nitrogens with one attached hydrogen (secondary N) is 1. The maximum Gasteiger partial charge on any atom is 0.328 e. The molecule has 0 spiro atoms. The van der Waals surface area contributed by atoms with Crippen molar-refractivity contribution in [2.45, 2.75) is 46.3 Å². The van der Waals surface area contributed by atoms with Gasteiger partial charge in [0.25, 0.3) is 5.56 Å². The molecule has 0 aliphatic heterocycles. The van der Waals surface area contributed by atoms with Crippen LogP contribution in [0.15, 0.2) is 59.4 Å². The van der Waals surface area contributed by atoms with Crippen LogP contribution in [0.3, 0.4) is 0 Å². The van der Waals surface area contributed by atoms with Gasteiger partial charge in [-0.3, -0.25) is 9.59 Å². The number of carbonyl (C=O) groups is 1. The van der Waals surface area contributed by atoms with Gasteiger partial charge in [0, 0.05) is 0 Å². The lowest BCUT2D eigenvalue weighted by Gasteiger charge is -2.10. The predicted molar refractivity (Wildman–Crippen MR) is 130 cm³/mol. The van der Waals surface area contributed by atoms with Crippen LogP contribution < -0.4 is 10.3 Å². The van der Waals surface area contributed by atoms with E-state index in [0.717, 1.165) is 18.4 Å². The fourth-order valence-electron chi connectivity index (χ4n) is 3.70. The zero-order valence-corrected chi connectivity index (χ0v) is 19.4. The summed E-state index contributed by atoms with van der Waals surface area (Å²) in [5, 5.41) is 4.54. The van der Waals surface area contributed by atoms with Gasteiger partial charge < -0.3 is 14.5 Å². The molecule has 8 heteroatoms. The lowest BCUT2D eigenvalue weighted by Crippen LogP contribution is -2.19. The lowest BCUT2D eigenvalue weighted by molar-refractivity contribution is -0.145. The van der Waals surface area contributed by atoms with Crippen LogP contribution in [-0.4, -0.2) is 32.3 Å². The first kappa shape index (κ1) is 23.2. The van der Waals surface area contributed by atoms with Crippen LogP contribution in [0, 0.1) is 0 Å². The van der Waals surface area contributed by atoms with Crippen molar-refractivity contribution in [3.05, 3.63) is 76.2 Å². The predicted octanol–water partition coefficient (Wildman–Crippen LogP) is 4.27. The number of aromatic nitrogens is 4. The van der Waals surface area contributed by atoms with E-state index >= 15 is 0 Å². The molecule has 0 unspecified atom stereocenters. The van der Waals surface area contributed by atoms with Gasteiger partial charge in [-0.15, -0.1) is 0 Å². The van der Waals surface area contributed by atoms with Crippen molar-refractivity contribution in [3.63, 3.8) is 0 Å². The van der Waals surface area contributed by atoms with E-state index in [1.165, 1.54) is 4.68 Å². The number of ether oxygens (including phenoxy) is 2. The monoisotopic (exact) mass is 460 g/mol. The Balaban J connectivity index is 1.67. The molecule has 0 saturated heterocycles. The molecule has 0 aliphatic carbocycles. The highest BCUT2D eigenvalue weighted by atomic mass is 16.5. The summed E-state index contributed by atoms with van der Waals surface area (Å²) >= 11 is 0. The zero-order valence-electron chi connectivity index (χ0n) is 19.4. The van der Waals surface area contributed by atoms with Gasteiger partial charge in [-0.1, -0.05) is 62.7 Å². The molecule has 1 N–H and O–H groups in total. The number of aromatic amines is 1. The molecule has 2 aromatic carbocycles. The van der Waals surface area contributed by atoms with E-state index in [9.17, 15) is 9.59 Å². The molecule has 176 valence electrons. The Hall–Kier alpha value is -3.94. The summed E-state index contributed by atoms with van der Waals surface area (Å²) in [6.45, 7) is 4.61. The quantitative estimate of drug-likeness (QED) is 0.355. The number of hydrogen-bond acceptors (Lipinski definition) is 6. The Kier molecular flexibility index (Phi) is 7.37. The van der Waals surface area contributed by atoms with Gasteiger partial charge in [0.05, 0.1) is 17.9 Å². The van der Waals surface area contributed by atoms with Crippen LogP contribution in [0.2, 0.25) is 0 Å². The lowest BCUT2D eigenvalue weighted by atomic mass is 10.1. The second kappa shape index (κ2) is 10.8. The van der Waals surface area contributed by atoms with Gasteiger partial charge >= 0.3 is 5.97 Å². The molecule has 2 heterocycles. The maximum atomic E-state index is 13.1. The molecular formula is C26H28N4O4. The van der Waals surface area contributed by atoms with Crippen molar-refractivity contribution in [1.29, 1.82) is 0 Å². The number of aryl methyl sites for hydroxylation is 1. The number of benzene rings is 2. The summed E-state index contributed by atoms with van der Waals surface area (Å²) in [5.41, 5.74) is 2.65. The molecule has 2 aromatic heterocycles. The van der Waals surface area contributed by atoms with Crippen molar-refractivity contribution < 1.29 is 14.3 Å². The average Bonchev–Trinajstić information content (AvgIpc) is 3.19. The van der Waals surface area contributed by atoms with E-state index in [-0.39, 0.29) is 24.2 Å². The third-order valence-corrected chi connectivity index (χ3v) is 5.28. The highest BCUT2D eigenvalue weighted by Crippen LogP contribution is 2.28. The minimum Gasteiger partial charge on any atom is -0.493 e. The summed E-state index contributed by atoms with van der Waals surface area (Å²) in [4.78, 5) is 33.3. The number of H-pyrrole nitrogens is 1. The topological polar surface area (TPSA) is 99.1 Å². The normalized spacial score (nSPS) is 11.0. The summed E-state index contributed by atoms with van der Waals surface area (Å²) in [6, 6.07) is 16.9. The van der Waals surface area contributed by atoms with Crippen LogP contribution in [0.5, 0.6) is 5.75 Å². The molecule has 0 aliphatic rings. The molecule has 8 nitrogen and oxygen atoms in total. The van der Waals surface area contributed by atoms with Gasteiger partial charge in [-0.05, 0) is 30.5 Å². The first-order valence-corrected chi connectivity index (χ1v) is 11.5. The Morgan fingerprint density at radius 3 is 2.56 bits per heavy atom. The maximum absolute atomic E-state index is 13.1. The highest BCUT2D eigenvalue weighted by molar-refractivity contribution is 5.81. The van der Waals surface area contributed by atoms with Gasteiger partial charge in [0.2, 0.25) is 0 Å². The number of rotatable bonds is 10. The van der Waals surface area contributed by atoms with E-state index in [4.69, 9.17) is 14.5 Å². The smallest absolute Gasteiger partial charge is 0.328 e. The van der Waals surface area contributed by atoms with Gasteiger partial charge in [0.1, 0.15) is 30.2 Å². The van der Waals surface area contributed by atoms with Crippen molar-refractivity contribution in [2.75, 3.05) is 6.61 Å². The van der Waals surface area contributed by atoms with Crippen LogP contribution in [0.25, 0.3) is 22.4 Å². The van der Waals surface area contributed by atoms with E-state index in [0.29, 0.717) is 41.4 Å². The summed E-state index contributed by atoms with van der Waals surface area (Å²) in [6.07, 6.45) is 2.32. The Morgan fingerprint density at radius 1 is 1.03 bits per heavy atom. The molecule has 0 atom stereocenters. The standard InChI is InChI=1S/C26H28N4O4/c1-3-10-20-23-24(30(29-20)16-22(31)34-17-18-11-6-5-7-12-18)26(32)28-25(27-23)19-13-8-9-14-21(19)33-15-4-2/h5-9,11-14H,3-4,10,15-17H2,1-2H3,(H,27,28,32). The minimum absolute atomic E-state index is 0.161. The Labute approximate surface area is 197 Å². The summed E-state index contributed by atoms with van der Waals surface area (Å²) in [7, 11) is 0. The fraction of sp³-hybridized carbons (Fsp3) is 0.308. The van der Waals surface area contributed by atoms with Gasteiger partial charge in [-0.25, -0.2) is 9.67 Å². The number of fused-ring (bicyclic) bond motifs is 1. The molecule has 4 rings (SSSR count). The number of carbonyl (C=O) groups excluding carboxylic acids is 1. The Morgan fingerprint density at radius 2 is 1.79 bits per heavy atom. The van der Waals surface area contributed by atoms with Crippen LogP contribution in [-0.2, 0) is 29.1 Å². The molecule has 0 bridgehead atoms. The number of nitrogens with zero attached hydrogens (tertiary/aromatic N) is 3. The first-order valence-electron chi connectivity index (χ1n) is 11.5. The third kappa shape index (κ3) is 5.17. The average molecular weight is 461 g/mol. The zero-order chi connectivity index (χ0) is 23.9. The van der Waals surface area contributed by atoms with E-state index < -0.39 is 5.97 Å². The van der Waals surface area contributed by atoms with E-state index in [2.05, 4.69) is 10.1 Å². The minimum atomic E-state index is -0.474. The SMILES string of the molecule is CCCOc1ccccc1-c1nc2c(CCC)nn(CC(=O)OCc3ccccc3)c2c(=O)[nH]1. The van der Waals surface area contributed by atoms with Crippen LogP contribution in [0.1, 0.15) is 37.9 Å². The van der Waals surface area contributed by atoms with E-state index in [1.807, 2.05) is 68.4 Å². The second-order valence-corrected chi connectivity index (χ2v) is 7.96. The first-order chi connectivity index (χ1) is 16.6.